The summed E-state index contributed by atoms with van der Waals surface area (Å²) in [5.41, 5.74) is 2.30. The summed E-state index contributed by atoms with van der Waals surface area (Å²) in [4.78, 5) is 27.3. The summed E-state index contributed by atoms with van der Waals surface area (Å²) >= 11 is 0. The molecule has 1 aromatic carbocycles. The minimum absolute atomic E-state index is 0.129. The van der Waals surface area contributed by atoms with Crippen molar-refractivity contribution in [3.05, 3.63) is 45.0 Å². The van der Waals surface area contributed by atoms with Gasteiger partial charge in [0.15, 0.2) is 5.03 Å². The molecule has 8 heteroatoms. The van der Waals surface area contributed by atoms with Gasteiger partial charge in [-0.1, -0.05) is 18.2 Å². The molecule has 1 atom stereocenters. The van der Waals surface area contributed by atoms with Crippen LogP contribution >= 0.6 is 0 Å². The molecule has 8 nitrogen and oxygen atoms in total. The highest BCUT2D eigenvalue weighted by Gasteiger charge is 2.37. The molecule has 0 spiro atoms. The molecular formula is C17H22N4O4. The van der Waals surface area contributed by atoms with Gasteiger partial charge in [0.05, 0.1) is 6.61 Å². The Balaban J connectivity index is 1.87. The number of amides is 1. The van der Waals surface area contributed by atoms with E-state index in [2.05, 4.69) is 5.10 Å². The average Bonchev–Trinajstić information content (AvgIpc) is 3.18. The molecule has 2 heterocycles. The van der Waals surface area contributed by atoms with E-state index < -0.39 is 5.03 Å². The summed E-state index contributed by atoms with van der Waals surface area (Å²) in [5, 5.41) is 13.8. The Kier molecular flexibility index (Phi) is 4.98. The second kappa shape index (κ2) is 7.18. The van der Waals surface area contributed by atoms with Gasteiger partial charge in [-0.15, -0.1) is 0 Å². The van der Waals surface area contributed by atoms with Crippen molar-refractivity contribution in [2.24, 2.45) is 11.0 Å². The molecule has 1 aromatic rings. The van der Waals surface area contributed by atoms with Crippen molar-refractivity contribution < 1.29 is 14.6 Å². The Morgan fingerprint density at radius 3 is 2.68 bits per heavy atom. The first-order valence-electron chi connectivity index (χ1n) is 8.41. The van der Waals surface area contributed by atoms with Crippen LogP contribution in [-0.4, -0.2) is 59.5 Å². The fourth-order valence-corrected chi connectivity index (χ4v) is 3.47. The Morgan fingerprint density at radius 1 is 1.36 bits per heavy atom. The number of carbonyl (C=O) groups excluding carboxylic acids is 1. The predicted octanol–water partition coefficient (Wildman–Crippen LogP) is 1.65. The molecular weight excluding hydrogens is 324 g/mol. The molecule has 0 N–H and O–H groups in total. The number of ether oxygens (including phenoxy) is 1. The summed E-state index contributed by atoms with van der Waals surface area (Å²) in [5.74, 6) is 0.207. The fraction of sp³-hybridized carbons (Fsp3) is 0.529. The number of nitro groups is 1. The first-order valence-corrected chi connectivity index (χ1v) is 8.41. The van der Waals surface area contributed by atoms with Gasteiger partial charge in [-0.25, -0.2) is 10.1 Å². The molecule has 2 fully saturated rings. The maximum Gasteiger partial charge on any atom is 0.281 e. The van der Waals surface area contributed by atoms with E-state index in [-0.39, 0.29) is 11.9 Å². The van der Waals surface area contributed by atoms with Crippen molar-refractivity contribution >= 4 is 11.9 Å². The van der Waals surface area contributed by atoms with Crippen LogP contribution in [0.4, 0.5) is 0 Å². The zero-order chi connectivity index (χ0) is 18.0. The molecule has 2 saturated heterocycles. The number of nitrogens with zero attached hydrogens (tertiary/aromatic N) is 4. The highest BCUT2D eigenvalue weighted by molar-refractivity contribution is 6.08. The van der Waals surface area contributed by atoms with Gasteiger partial charge in [0.2, 0.25) is 0 Å². The lowest BCUT2D eigenvalue weighted by atomic mass is 10.0. The van der Waals surface area contributed by atoms with Crippen molar-refractivity contribution in [1.82, 2.24) is 9.80 Å². The van der Waals surface area contributed by atoms with Gasteiger partial charge in [0.25, 0.3) is 11.9 Å². The molecule has 0 bridgehead atoms. The highest BCUT2D eigenvalue weighted by atomic mass is 16.7. The molecule has 2 aliphatic rings. The quantitative estimate of drug-likeness (QED) is 0.611. The van der Waals surface area contributed by atoms with Gasteiger partial charge < -0.3 is 9.64 Å². The number of hydrogen-bond acceptors (Lipinski definition) is 4. The van der Waals surface area contributed by atoms with E-state index >= 15 is 0 Å². The average molecular weight is 346 g/mol. The zero-order valence-corrected chi connectivity index (χ0v) is 14.5. The van der Waals surface area contributed by atoms with E-state index in [9.17, 15) is 14.9 Å². The maximum absolute atomic E-state index is 13.0. The van der Waals surface area contributed by atoms with Gasteiger partial charge in [-0.05, 0) is 31.4 Å². The molecule has 0 aromatic heterocycles. The molecule has 25 heavy (non-hydrogen) atoms. The van der Waals surface area contributed by atoms with E-state index in [0.29, 0.717) is 44.3 Å². The molecule has 3 rings (SSSR count). The molecule has 0 saturated carbocycles. The topological polar surface area (TPSA) is 88.3 Å². The Labute approximate surface area is 146 Å². The van der Waals surface area contributed by atoms with Gasteiger partial charge in [0.1, 0.15) is 5.10 Å². The third kappa shape index (κ3) is 3.63. The standard InChI is InChI=1S/C17H22N4O4/c1-12-4-3-5-13(2)15(12)16(22)20-8-7-19(17(20)18-21(23)24)10-14-6-9-25-11-14/h3-5,14H,6-11H2,1-2H3. The van der Waals surface area contributed by atoms with Crippen molar-refractivity contribution in [2.45, 2.75) is 20.3 Å². The van der Waals surface area contributed by atoms with Crippen molar-refractivity contribution in [3.63, 3.8) is 0 Å². The lowest BCUT2D eigenvalue weighted by molar-refractivity contribution is -0.486. The minimum atomic E-state index is -0.732. The smallest absolute Gasteiger partial charge is 0.281 e. The SMILES string of the molecule is Cc1cccc(C)c1C(=O)N1CCN(CC2CCOC2)C1=N[N+](=O)[O-]. The van der Waals surface area contributed by atoms with Gasteiger partial charge in [-0.2, -0.15) is 0 Å². The van der Waals surface area contributed by atoms with Crippen LogP contribution in [0.3, 0.4) is 0 Å². The fourth-order valence-electron chi connectivity index (χ4n) is 3.47. The minimum Gasteiger partial charge on any atom is -0.381 e. The van der Waals surface area contributed by atoms with Crippen molar-refractivity contribution in [1.29, 1.82) is 0 Å². The number of hydrogen-bond donors (Lipinski definition) is 0. The summed E-state index contributed by atoms with van der Waals surface area (Å²) in [6.07, 6.45) is 0.924. The molecule has 2 aliphatic heterocycles. The molecule has 1 amide bonds. The predicted molar refractivity (Wildman–Crippen MR) is 91.9 cm³/mol. The van der Waals surface area contributed by atoms with E-state index in [1.807, 2.05) is 36.9 Å². The number of hydrazone groups is 1. The summed E-state index contributed by atoms with van der Waals surface area (Å²) in [6.45, 7) is 6.65. The zero-order valence-electron chi connectivity index (χ0n) is 14.5. The Hall–Kier alpha value is -2.48. The normalized spacial score (nSPS) is 22.0. The second-order valence-electron chi connectivity index (χ2n) is 6.54. The first kappa shape index (κ1) is 17.3. The van der Waals surface area contributed by atoms with Crippen LogP contribution in [0.15, 0.2) is 23.3 Å². The Morgan fingerprint density at radius 2 is 2.08 bits per heavy atom. The summed E-state index contributed by atoms with van der Waals surface area (Å²) < 4.78 is 5.38. The molecule has 0 aliphatic carbocycles. The van der Waals surface area contributed by atoms with Gasteiger partial charge in [0, 0.05) is 37.7 Å². The number of rotatable bonds is 4. The van der Waals surface area contributed by atoms with Gasteiger partial charge in [-0.3, -0.25) is 9.69 Å². The molecule has 134 valence electrons. The Bertz CT molecular complexity index is 692. The lowest BCUT2D eigenvalue weighted by Crippen LogP contribution is -2.40. The van der Waals surface area contributed by atoms with E-state index in [0.717, 1.165) is 17.5 Å². The van der Waals surface area contributed by atoms with E-state index in [1.54, 1.807) is 0 Å². The lowest BCUT2D eigenvalue weighted by Gasteiger charge is -2.22. The van der Waals surface area contributed by atoms with Gasteiger partial charge >= 0.3 is 0 Å². The van der Waals surface area contributed by atoms with E-state index in [4.69, 9.17) is 4.74 Å². The highest BCUT2D eigenvalue weighted by Crippen LogP contribution is 2.22. The third-order valence-electron chi connectivity index (χ3n) is 4.73. The van der Waals surface area contributed by atoms with Crippen LogP contribution in [0.25, 0.3) is 0 Å². The van der Waals surface area contributed by atoms with Crippen molar-refractivity contribution in [3.8, 4) is 0 Å². The number of guanidine groups is 1. The van der Waals surface area contributed by atoms with Crippen LogP contribution < -0.4 is 0 Å². The summed E-state index contributed by atoms with van der Waals surface area (Å²) in [7, 11) is 0. The molecule has 0 radical (unpaired) electrons. The number of carbonyl (C=O) groups is 1. The second-order valence-corrected chi connectivity index (χ2v) is 6.54. The third-order valence-corrected chi connectivity index (χ3v) is 4.73. The largest absolute Gasteiger partial charge is 0.381 e. The van der Waals surface area contributed by atoms with Crippen LogP contribution in [0.5, 0.6) is 0 Å². The molecule has 1 unspecified atom stereocenters. The summed E-state index contributed by atoms with van der Waals surface area (Å²) in [6, 6.07) is 5.63. The van der Waals surface area contributed by atoms with Crippen LogP contribution in [0.2, 0.25) is 0 Å². The van der Waals surface area contributed by atoms with Crippen LogP contribution in [0.1, 0.15) is 27.9 Å². The monoisotopic (exact) mass is 346 g/mol. The van der Waals surface area contributed by atoms with E-state index in [1.165, 1.54) is 4.90 Å². The van der Waals surface area contributed by atoms with Crippen LogP contribution in [-0.2, 0) is 4.74 Å². The number of aryl methyl sites for hydroxylation is 2. The van der Waals surface area contributed by atoms with Crippen molar-refractivity contribution in [2.75, 3.05) is 32.8 Å². The first-order chi connectivity index (χ1) is 12.0. The maximum atomic E-state index is 13.0. The van der Waals surface area contributed by atoms with Crippen LogP contribution in [0, 0.1) is 29.9 Å². The number of benzene rings is 1.